The van der Waals surface area contributed by atoms with Gasteiger partial charge in [0.05, 0.1) is 5.56 Å². The van der Waals surface area contributed by atoms with Crippen LogP contribution in [0.25, 0.3) is 5.78 Å². The molecule has 0 aliphatic heterocycles. The maximum absolute atomic E-state index is 12.7. The first-order chi connectivity index (χ1) is 11.3. The van der Waals surface area contributed by atoms with Crippen molar-refractivity contribution in [3.05, 3.63) is 53.0 Å². The summed E-state index contributed by atoms with van der Waals surface area (Å²) in [5.74, 6) is 1.20. The smallest absolute Gasteiger partial charge is 0.363 e. The van der Waals surface area contributed by atoms with E-state index in [4.69, 9.17) is 0 Å². The molecule has 2 heterocycles. The van der Waals surface area contributed by atoms with E-state index >= 15 is 0 Å². The molecule has 24 heavy (non-hydrogen) atoms. The fourth-order valence-electron chi connectivity index (χ4n) is 2.45. The summed E-state index contributed by atoms with van der Waals surface area (Å²) in [5, 5.41) is 7.44. The Bertz CT molecular complexity index is 868. The molecule has 0 amide bonds. The lowest BCUT2D eigenvalue weighted by molar-refractivity contribution is -0.137. The molecule has 0 saturated carbocycles. The second-order valence-corrected chi connectivity index (χ2v) is 5.63. The maximum atomic E-state index is 12.7. The van der Waals surface area contributed by atoms with Gasteiger partial charge in [0.2, 0.25) is 0 Å². The number of nitrogens with zero attached hydrogens (tertiary/aromatic N) is 4. The lowest BCUT2D eigenvalue weighted by Gasteiger charge is -2.19. The molecule has 0 spiro atoms. The Balaban J connectivity index is 1.91. The number of anilines is 1. The normalized spacial score (nSPS) is 13.2. The number of benzene rings is 1. The van der Waals surface area contributed by atoms with Gasteiger partial charge >= 0.3 is 6.18 Å². The molecule has 3 rings (SSSR count). The van der Waals surface area contributed by atoms with Gasteiger partial charge in [-0.1, -0.05) is 12.1 Å². The Morgan fingerprint density at radius 3 is 2.42 bits per heavy atom. The van der Waals surface area contributed by atoms with Gasteiger partial charge < -0.3 is 5.32 Å². The summed E-state index contributed by atoms with van der Waals surface area (Å²) in [5.41, 5.74) is 1.81. The van der Waals surface area contributed by atoms with Gasteiger partial charge in [0.15, 0.2) is 0 Å². The highest BCUT2D eigenvalue weighted by atomic mass is 19.4. The number of hydrogen-bond donors (Lipinski definition) is 1. The molecule has 0 fully saturated rings. The largest absolute Gasteiger partial charge is 0.416 e. The molecule has 0 unspecified atom stereocenters. The molecule has 126 valence electrons. The second-order valence-electron chi connectivity index (χ2n) is 5.63. The molecule has 1 atom stereocenters. The number of rotatable bonds is 3. The number of aromatic nitrogens is 4. The van der Waals surface area contributed by atoms with E-state index in [1.54, 1.807) is 4.52 Å². The number of nitrogens with one attached hydrogen (secondary N) is 1. The number of alkyl halides is 3. The van der Waals surface area contributed by atoms with Crippen molar-refractivity contribution < 1.29 is 13.2 Å². The van der Waals surface area contributed by atoms with Crippen LogP contribution in [0.5, 0.6) is 0 Å². The summed E-state index contributed by atoms with van der Waals surface area (Å²) < 4.78 is 39.6. The summed E-state index contributed by atoms with van der Waals surface area (Å²) >= 11 is 0. The van der Waals surface area contributed by atoms with Gasteiger partial charge in [0.1, 0.15) is 12.1 Å². The Morgan fingerprint density at radius 2 is 1.79 bits per heavy atom. The van der Waals surface area contributed by atoms with E-state index in [0.29, 0.717) is 5.78 Å². The van der Waals surface area contributed by atoms with E-state index in [0.717, 1.165) is 34.8 Å². The van der Waals surface area contributed by atoms with Crippen LogP contribution in [0.2, 0.25) is 0 Å². The summed E-state index contributed by atoms with van der Waals surface area (Å²) in [7, 11) is 0. The Morgan fingerprint density at radius 1 is 1.12 bits per heavy atom. The monoisotopic (exact) mass is 335 g/mol. The average Bonchev–Trinajstić information content (AvgIpc) is 2.98. The lowest BCUT2D eigenvalue weighted by Crippen LogP contribution is -2.14. The van der Waals surface area contributed by atoms with Gasteiger partial charge in [-0.3, -0.25) is 0 Å². The Hall–Kier alpha value is -2.64. The molecule has 0 radical (unpaired) electrons. The first-order valence-corrected chi connectivity index (χ1v) is 7.38. The van der Waals surface area contributed by atoms with E-state index in [1.807, 2.05) is 20.8 Å². The first kappa shape index (κ1) is 16.2. The van der Waals surface area contributed by atoms with Crippen LogP contribution in [-0.4, -0.2) is 19.6 Å². The highest BCUT2D eigenvalue weighted by molar-refractivity contribution is 5.53. The fraction of sp³-hybridized carbons (Fsp3) is 0.312. The molecule has 0 bridgehead atoms. The zero-order valence-electron chi connectivity index (χ0n) is 13.4. The van der Waals surface area contributed by atoms with E-state index in [9.17, 15) is 13.2 Å². The van der Waals surface area contributed by atoms with Crippen LogP contribution < -0.4 is 5.32 Å². The van der Waals surface area contributed by atoms with Crippen LogP contribution in [0.3, 0.4) is 0 Å². The molecule has 1 aromatic carbocycles. The van der Waals surface area contributed by atoms with Crippen LogP contribution in [0, 0.1) is 13.8 Å². The molecule has 0 aliphatic carbocycles. The topological polar surface area (TPSA) is 55.1 Å². The van der Waals surface area contributed by atoms with Gasteiger partial charge in [-0.2, -0.15) is 27.8 Å². The molecule has 8 heteroatoms. The highest BCUT2D eigenvalue weighted by Crippen LogP contribution is 2.30. The van der Waals surface area contributed by atoms with Crippen LogP contribution in [0.1, 0.15) is 35.3 Å². The molecule has 0 saturated heterocycles. The van der Waals surface area contributed by atoms with Crippen molar-refractivity contribution in [1.82, 2.24) is 19.6 Å². The third-order valence-corrected chi connectivity index (χ3v) is 4.00. The van der Waals surface area contributed by atoms with Crippen LogP contribution >= 0.6 is 0 Å². The molecule has 2 aromatic heterocycles. The zero-order chi connectivity index (χ0) is 17.5. The van der Waals surface area contributed by atoms with Crippen LogP contribution in [-0.2, 0) is 6.18 Å². The number of hydrogen-bond acceptors (Lipinski definition) is 4. The number of aryl methyl sites for hydroxylation is 1. The summed E-state index contributed by atoms with van der Waals surface area (Å²) in [6.07, 6.45) is -2.92. The molecule has 5 nitrogen and oxygen atoms in total. The molecule has 1 N–H and O–H groups in total. The van der Waals surface area contributed by atoms with Gasteiger partial charge in [-0.15, -0.1) is 0 Å². The first-order valence-electron chi connectivity index (χ1n) is 7.38. The maximum Gasteiger partial charge on any atom is 0.416 e. The summed E-state index contributed by atoms with van der Waals surface area (Å²) in [4.78, 5) is 8.41. The quantitative estimate of drug-likeness (QED) is 0.788. The predicted octanol–water partition coefficient (Wildman–Crippen LogP) is 3.93. The third-order valence-electron chi connectivity index (χ3n) is 4.00. The highest BCUT2D eigenvalue weighted by Gasteiger charge is 2.30. The minimum absolute atomic E-state index is 0.208. The molecular weight excluding hydrogens is 319 g/mol. The average molecular weight is 335 g/mol. The van der Waals surface area contributed by atoms with Gasteiger partial charge in [-0.25, -0.2) is 4.98 Å². The zero-order valence-corrected chi connectivity index (χ0v) is 13.4. The second kappa shape index (κ2) is 5.77. The van der Waals surface area contributed by atoms with Crippen molar-refractivity contribution in [3.8, 4) is 0 Å². The molecule has 0 aliphatic rings. The van der Waals surface area contributed by atoms with Crippen LogP contribution in [0.15, 0.2) is 30.6 Å². The van der Waals surface area contributed by atoms with Gasteiger partial charge in [-0.05, 0) is 38.5 Å². The van der Waals surface area contributed by atoms with Gasteiger partial charge in [0.25, 0.3) is 5.78 Å². The molecular formula is C16H16F3N5. The van der Waals surface area contributed by atoms with Crippen molar-refractivity contribution in [2.45, 2.75) is 33.0 Å². The van der Waals surface area contributed by atoms with E-state index < -0.39 is 11.7 Å². The Kier molecular flexibility index (Phi) is 3.90. The predicted molar refractivity (Wildman–Crippen MR) is 83.7 cm³/mol. The lowest BCUT2D eigenvalue weighted by atomic mass is 10.1. The van der Waals surface area contributed by atoms with E-state index in [-0.39, 0.29) is 6.04 Å². The molecule has 3 aromatic rings. The fourth-order valence-corrected chi connectivity index (χ4v) is 2.45. The third kappa shape index (κ3) is 2.91. The van der Waals surface area contributed by atoms with Crippen molar-refractivity contribution >= 4 is 11.6 Å². The van der Waals surface area contributed by atoms with Crippen LogP contribution in [0.4, 0.5) is 19.0 Å². The minimum atomic E-state index is -4.33. The van der Waals surface area contributed by atoms with Crippen molar-refractivity contribution in [2.75, 3.05) is 5.32 Å². The van der Waals surface area contributed by atoms with Crippen molar-refractivity contribution in [3.63, 3.8) is 0 Å². The van der Waals surface area contributed by atoms with Crippen molar-refractivity contribution in [2.24, 2.45) is 0 Å². The SMILES string of the molecule is Cc1nc2ncnn2c(N[C@@H](C)c2ccc(C(F)(F)F)cc2)c1C. The summed E-state index contributed by atoms with van der Waals surface area (Å²) in [6.45, 7) is 5.66. The van der Waals surface area contributed by atoms with E-state index in [2.05, 4.69) is 20.4 Å². The summed E-state index contributed by atoms with van der Waals surface area (Å²) in [6, 6.07) is 4.91. The standard InChI is InChI=1S/C16H16F3N5/c1-9-10(2)23-15-20-8-21-24(15)14(9)22-11(3)12-4-6-13(7-5-12)16(17,18)19/h4-8,11,22H,1-3H3/t11-/m0/s1. The van der Waals surface area contributed by atoms with E-state index in [1.165, 1.54) is 18.5 Å². The van der Waals surface area contributed by atoms with Crippen molar-refractivity contribution in [1.29, 1.82) is 0 Å². The van der Waals surface area contributed by atoms with Gasteiger partial charge in [0, 0.05) is 17.3 Å². The number of fused-ring (bicyclic) bond motifs is 1. The Labute approximate surface area is 136 Å². The number of halogens is 3. The minimum Gasteiger partial charge on any atom is -0.363 e.